The second-order valence-electron chi connectivity index (χ2n) is 6.94. The molecule has 2 N–H and O–H groups in total. The van der Waals surface area contributed by atoms with E-state index in [-0.39, 0.29) is 0 Å². The normalized spacial score (nSPS) is 11.4. The predicted octanol–water partition coefficient (Wildman–Crippen LogP) is 4.24. The number of ether oxygens (including phenoxy) is 1. The summed E-state index contributed by atoms with van der Waals surface area (Å²) in [7, 11) is 1.77. The van der Waals surface area contributed by atoms with Gasteiger partial charge in [-0.2, -0.15) is 0 Å². The zero-order valence-corrected chi connectivity index (χ0v) is 17.9. The summed E-state index contributed by atoms with van der Waals surface area (Å²) in [4.78, 5) is 4.31. The van der Waals surface area contributed by atoms with Gasteiger partial charge < -0.3 is 19.9 Å². The van der Waals surface area contributed by atoms with E-state index in [1.54, 1.807) is 7.05 Å². The fourth-order valence-corrected chi connectivity index (χ4v) is 3.16. The number of aryl methyl sites for hydroxylation is 2. The first-order chi connectivity index (χ1) is 14.7. The van der Waals surface area contributed by atoms with Crippen LogP contribution in [0.1, 0.15) is 42.0 Å². The van der Waals surface area contributed by atoms with Crippen LogP contribution >= 0.6 is 0 Å². The number of nitrogens with zero attached hydrogens (tertiary/aromatic N) is 2. The van der Waals surface area contributed by atoms with Crippen molar-refractivity contribution < 1.29 is 9.26 Å². The lowest BCUT2D eigenvalue weighted by Gasteiger charge is -2.13. The molecule has 6 nitrogen and oxygen atoms in total. The molecular formula is C24H30N4O2. The van der Waals surface area contributed by atoms with Crippen molar-refractivity contribution in [2.45, 2.75) is 46.4 Å². The van der Waals surface area contributed by atoms with Crippen molar-refractivity contribution in [3.8, 4) is 5.75 Å². The molecule has 3 aromatic rings. The first-order valence-electron chi connectivity index (χ1n) is 10.4. The Labute approximate surface area is 178 Å². The van der Waals surface area contributed by atoms with Gasteiger partial charge in [0.1, 0.15) is 18.1 Å². The third-order valence-corrected chi connectivity index (χ3v) is 4.89. The average Bonchev–Trinajstić information content (AvgIpc) is 3.21. The molecule has 0 aliphatic rings. The van der Waals surface area contributed by atoms with Crippen LogP contribution < -0.4 is 15.4 Å². The van der Waals surface area contributed by atoms with E-state index in [1.165, 1.54) is 0 Å². The molecule has 0 aliphatic heterocycles. The van der Waals surface area contributed by atoms with Gasteiger partial charge in [-0.15, -0.1) is 0 Å². The Morgan fingerprint density at radius 1 is 0.933 bits per heavy atom. The van der Waals surface area contributed by atoms with Crippen molar-refractivity contribution >= 4 is 5.96 Å². The highest BCUT2D eigenvalue weighted by Crippen LogP contribution is 2.16. The van der Waals surface area contributed by atoms with Gasteiger partial charge in [0, 0.05) is 32.1 Å². The van der Waals surface area contributed by atoms with Crippen molar-refractivity contribution in [1.29, 1.82) is 0 Å². The van der Waals surface area contributed by atoms with E-state index in [0.717, 1.165) is 52.7 Å². The molecule has 1 aromatic heterocycles. The van der Waals surface area contributed by atoms with Crippen LogP contribution in [0.3, 0.4) is 0 Å². The van der Waals surface area contributed by atoms with Gasteiger partial charge in [0.15, 0.2) is 5.96 Å². The molecule has 0 atom stereocenters. The number of aliphatic imine (C=N–C) groups is 1. The van der Waals surface area contributed by atoms with Gasteiger partial charge in [-0.05, 0) is 29.7 Å². The molecule has 2 aromatic carbocycles. The lowest BCUT2D eigenvalue weighted by atomic mass is 10.1. The second kappa shape index (κ2) is 11.0. The van der Waals surface area contributed by atoms with Crippen LogP contribution in [0.2, 0.25) is 0 Å². The fraction of sp³-hybridized carbons (Fsp3) is 0.333. The summed E-state index contributed by atoms with van der Waals surface area (Å²) in [5.41, 5.74) is 4.44. The average molecular weight is 407 g/mol. The van der Waals surface area contributed by atoms with Gasteiger partial charge in [-0.25, -0.2) is 0 Å². The van der Waals surface area contributed by atoms with E-state index < -0.39 is 0 Å². The lowest BCUT2D eigenvalue weighted by molar-refractivity contribution is 0.306. The van der Waals surface area contributed by atoms with Crippen LogP contribution in [0.25, 0.3) is 0 Å². The minimum atomic E-state index is 0.567. The van der Waals surface area contributed by atoms with Crippen molar-refractivity contribution in [2.24, 2.45) is 4.99 Å². The van der Waals surface area contributed by atoms with Gasteiger partial charge in [0.2, 0.25) is 0 Å². The van der Waals surface area contributed by atoms with E-state index >= 15 is 0 Å². The third-order valence-electron chi connectivity index (χ3n) is 4.89. The quantitative estimate of drug-likeness (QED) is 0.411. The molecule has 0 saturated carbocycles. The topological polar surface area (TPSA) is 71.7 Å². The summed E-state index contributed by atoms with van der Waals surface area (Å²) in [6.45, 7) is 6.04. The molecule has 0 aliphatic carbocycles. The lowest BCUT2D eigenvalue weighted by Crippen LogP contribution is -2.36. The Balaban J connectivity index is 1.48. The molecule has 0 spiro atoms. The molecule has 0 bridgehead atoms. The van der Waals surface area contributed by atoms with E-state index in [1.807, 2.05) is 30.3 Å². The molecule has 158 valence electrons. The second-order valence-corrected chi connectivity index (χ2v) is 6.94. The van der Waals surface area contributed by atoms with E-state index in [2.05, 4.69) is 58.9 Å². The minimum Gasteiger partial charge on any atom is -0.489 e. The Bertz CT molecular complexity index is 912. The molecule has 3 rings (SSSR count). The summed E-state index contributed by atoms with van der Waals surface area (Å²) in [6, 6.07) is 18.3. The van der Waals surface area contributed by atoms with Crippen LogP contribution in [0.4, 0.5) is 0 Å². The Morgan fingerprint density at radius 3 is 2.33 bits per heavy atom. The molecule has 0 saturated heterocycles. The highest BCUT2D eigenvalue weighted by molar-refractivity contribution is 5.79. The highest BCUT2D eigenvalue weighted by Gasteiger charge is 2.13. The first-order valence-corrected chi connectivity index (χ1v) is 10.4. The van der Waals surface area contributed by atoms with Crippen molar-refractivity contribution in [2.75, 3.05) is 7.05 Å². The maximum atomic E-state index is 5.85. The third kappa shape index (κ3) is 5.86. The minimum absolute atomic E-state index is 0.567. The maximum Gasteiger partial charge on any atom is 0.191 e. The molecule has 0 fully saturated rings. The number of rotatable bonds is 9. The SMILES string of the molecule is CCc1noc(CC)c1CNC(=NC)NCc1ccc(OCc2ccccc2)cc1. The smallest absolute Gasteiger partial charge is 0.191 e. The van der Waals surface area contributed by atoms with Gasteiger partial charge in [0.05, 0.1) is 5.69 Å². The van der Waals surface area contributed by atoms with E-state index in [0.29, 0.717) is 19.7 Å². The maximum absolute atomic E-state index is 5.85. The van der Waals surface area contributed by atoms with Crippen LogP contribution in [0.5, 0.6) is 5.75 Å². The van der Waals surface area contributed by atoms with Crippen molar-refractivity contribution in [3.63, 3.8) is 0 Å². The molecule has 0 radical (unpaired) electrons. The monoisotopic (exact) mass is 406 g/mol. The van der Waals surface area contributed by atoms with Crippen LogP contribution in [-0.4, -0.2) is 18.2 Å². The summed E-state index contributed by atoms with van der Waals surface area (Å²) in [5, 5.41) is 10.9. The Hall–Kier alpha value is -3.28. The number of hydrogen-bond acceptors (Lipinski definition) is 4. The molecular weight excluding hydrogens is 376 g/mol. The largest absolute Gasteiger partial charge is 0.489 e. The zero-order valence-electron chi connectivity index (χ0n) is 17.9. The molecule has 1 heterocycles. The molecule has 6 heteroatoms. The summed E-state index contributed by atoms with van der Waals surface area (Å²) in [6.07, 6.45) is 1.68. The van der Waals surface area contributed by atoms with E-state index in [9.17, 15) is 0 Å². The Morgan fingerprint density at radius 2 is 1.67 bits per heavy atom. The number of nitrogens with one attached hydrogen (secondary N) is 2. The number of aromatic nitrogens is 1. The van der Waals surface area contributed by atoms with Crippen molar-refractivity contribution in [1.82, 2.24) is 15.8 Å². The van der Waals surface area contributed by atoms with Crippen LogP contribution in [0.15, 0.2) is 64.1 Å². The fourth-order valence-electron chi connectivity index (χ4n) is 3.16. The number of guanidine groups is 1. The highest BCUT2D eigenvalue weighted by atomic mass is 16.5. The number of hydrogen-bond donors (Lipinski definition) is 2. The van der Waals surface area contributed by atoms with Gasteiger partial charge in [0.25, 0.3) is 0 Å². The predicted molar refractivity (Wildman–Crippen MR) is 120 cm³/mol. The first kappa shape index (κ1) is 21.4. The van der Waals surface area contributed by atoms with E-state index in [4.69, 9.17) is 9.26 Å². The van der Waals surface area contributed by atoms with Gasteiger partial charge in [-0.1, -0.05) is 61.5 Å². The van der Waals surface area contributed by atoms with Crippen LogP contribution in [0, 0.1) is 0 Å². The molecule has 0 unspecified atom stereocenters. The van der Waals surface area contributed by atoms with Crippen LogP contribution in [-0.2, 0) is 32.5 Å². The Kier molecular flexibility index (Phi) is 7.89. The number of benzene rings is 2. The zero-order chi connectivity index (χ0) is 21.2. The summed E-state index contributed by atoms with van der Waals surface area (Å²) in [5.74, 6) is 2.53. The van der Waals surface area contributed by atoms with Gasteiger partial charge >= 0.3 is 0 Å². The van der Waals surface area contributed by atoms with Gasteiger partial charge in [-0.3, -0.25) is 4.99 Å². The molecule has 30 heavy (non-hydrogen) atoms. The van der Waals surface area contributed by atoms with Crippen molar-refractivity contribution in [3.05, 3.63) is 82.7 Å². The summed E-state index contributed by atoms with van der Waals surface area (Å²) >= 11 is 0. The summed E-state index contributed by atoms with van der Waals surface area (Å²) < 4.78 is 11.3. The standard InChI is InChI=1S/C24H30N4O2/c1-4-22-21(23(5-2)30-28-22)16-27-24(25-3)26-15-18-11-13-20(14-12-18)29-17-19-9-7-6-8-10-19/h6-14H,4-5,15-17H2,1-3H3,(H2,25,26,27). The molecule has 0 amide bonds.